The average molecular weight is 929 g/mol. The number of amides is 2. The first-order valence-corrected chi connectivity index (χ1v) is 24.5. The molecular formula is C52H62ClN9O5. The van der Waals surface area contributed by atoms with Crippen molar-refractivity contribution >= 4 is 46.1 Å². The van der Waals surface area contributed by atoms with E-state index in [0.29, 0.717) is 41.9 Å². The summed E-state index contributed by atoms with van der Waals surface area (Å²) in [4.78, 5) is 54.7. The van der Waals surface area contributed by atoms with Crippen LogP contribution in [0, 0.1) is 29.1 Å². The summed E-state index contributed by atoms with van der Waals surface area (Å²) in [7, 11) is 1.76. The van der Waals surface area contributed by atoms with Gasteiger partial charge in [0.2, 0.25) is 17.8 Å². The number of hydrogen-bond donors (Lipinski definition) is 1. The summed E-state index contributed by atoms with van der Waals surface area (Å²) in [5, 5.41) is 12.6. The number of nitrogens with zero attached hydrogens (tertiary/aromatic N) is 8. The summed E-state index contributed by atoms with van der Waals surface area (Å²) in [6.45, 7) is 14.3. The highest BCUT2D eigenvalue weighted by atomic mass is 35.5. The quantitative estimate of drug-likeness (QED) is 0.115. The summed E-state index contributed by atoms with van der Waals surface area (Å²) in [5.41, 5.74) is 5.28. The fraction of sp³-hybridized carbons (Fsp3) is 0.500. The molecule has 4 aliphatic rings. The maximum atomic E-state index is 13.3. The van der Waals surface area contributed by atoms with Gasteiger partial charge in [0.1, 0.15) is 24.5 Å². The maximum Gasteiger partial charge on any atom is 0.329 e. The number of ether oxygens (including phenoxy) is 2. The summed E-state index contributed by atoms with van der Waals surface area (Å²) in [6.07, 6.45) is 9.53. The normalized spacial score (nSPS) is 19.4. The van der Waals surface area contributed by atoms with Crippen LogP contribution >= 0.6 is 11.6 Å². The second-order valence-corrected chi connectivity index (χ2v) is 19.8. The number of fused-ring (bicyclic) bond motifs is 1. The highest BCUT2D eigenvalue weighted by Crippen LogP contribution is 2.39. The number of imide groups is 1. The van der Waals surface area contributed by atoms with Gasteiger partial charge in [0.25, 0.3) is 0 Å². The Bertz CT molecular complexity index is 2700. The van der Waals surface area contributed by atoms with Gasteiger partial charge in [0.15, 0.2) is 5.75 Å². The molecule has 4 fully saturated rings. The van der Waals surface area contributed by atoms with Gasteiger partial charge in [-0.05, 0) is 142 Å². The molecule has 2 aromatic heterocycles. The lowest BCUT2D eigenvalue weighted by Gasteiger charge is -2.42. The minimum Gasteiger partial charge on any atom is -0.491 e. The zero-order chi connectivity index (χ0) is 46.8. The number of imidazole rings is 1. The van der Waals surface area contributed by atoms with Gasteiger partial charge in [-0.2, -0.15) is 5.26 Å². The molecule has 0 saturated carbocycles. The van der Waals surface area contributed by atoms with Crippen molar-refractivity contribution in [2.75, 3.05) is 62.2 Å². The van der Waals surface area contributed by atoms with Gasteiger partial charge in [0, 0.05) is 63.5 Å². The van der Waals surface area contributed by atoms with Crippen LogP contribution in [-0.2, 0) is 28.7 Å². The summed E-state index contributed by atoms with van der Waals surface area (Å²) in [5.74, 6) is 3.42. The average Bonchev–Trinajstić information content (AvgIpc) is 3.59. The molecule has 352 valence electrons. The topological polar surface area (TPSA) is 151 Å². The molecule has 15 heteroatoms. The van der Waals surface area contributed by atoms with Crippen LogP contribution in [0.15, 0.2) is 71.7 Å². The number of carbonyl (C=O) groups excluding carboxylic acids is 2. The number of halogens is 1. The van der Waals surface area contributed by atoms with Crippen molar-refractivity contribution in [2.45, 2.75) is 90.2 Å². The SMILES string of the molecule is CCOc1c(Cl)cc(C(C)(C)c2ccc(OCc3ccnc(N4CCC(CN5CCC(C6CCN(c7ccc8c(c7)n(C)c(=O)n8C7CCC(=O)NC7=O)CC6)CC5)CC4)n3)cc2)cc1C#N. The van der Waals surface area contributed by atoms with E-state index in [4.69, 9.17) is 26.1 Å². The van der Waals surface area contributed by atoms with Crippen molar-refractivity contribution in [1.82, 2.24) is 29.3 Å². The largest absolute Gasteiger partial charge is 0.491 e. The number of benzene rings is 3. The maximum absolute atomic E-state index is 13.3. The Kier molecular flexibility index (Phi) is 13.6. The van der Waals surface area contributed by atoms with E-state index in [9.17, 15) is 19.6 Å². The van der Waals surface area contributed by atoms with E-state index in [2.05, 4.69) is 69.2 Å². The van der Waals surface area contributed by atoms with Crippen LogP contribution in [0.2, 0.25) is 5.02 Å². The van der Waals surface area contributed by atoms with Crippen molar-refractivity contribution in [1.29, 1.82) is 5.26 Å². The van der Waals surface area contributed by atoms with Crippen LogP contribution in [0.4, 0.5) is 11.6 Å². The van der Waals surface area contributed by atoms with Crippen molar-refractivity contribution < 1.29 is 19.1 Å². The molecule has 1 unspecified atom stereocenters. The second-order valence-electron chi connectivity index (χ2n) is 19.4. The molecule has 3 aromatic carbocycles. The number of hydrogen-bond acceptors (Lipinski definition) is 11. The minimum atomic E-state index is -0.676. The fourth-order valence-electron chi connectivity index (χ4n) is 10.9. The van der Waals surface area contributed by atoms with E-state index in [1.54, 1.807) is 16.2 Å². The van der Waals surface area contributed by atoms with Crippen molar-refractivity contribution in [2.24, 2.45) is 24.8 Å². The third-order valence-corrected chi connectivity index (χ3v) is 15.3. The van der Waals surface area contributed by atoms with Gasteiger partial charge in [-0.3, -0.25) is 24.0 Å². The Morgan fingerprint density at radius 3 is 2.21 bits per heavy atom. The molecule has 9 rings (SSSR count). The lowest BCUT2D eigenvalue weighted by atomic mass is 9.77. The number of likely N-dealkylation sites (tertiary alicyclic amines) is 1. The summed E-state index contributed by atoms with van der Waals surface area (Å²) >= 11 is 6.56. The number of carbonyl (C=O) groups is 2. The monoisotopic (exact) mass is 927 g/mol. The highest BCUT2D eigenvalue weighted by molar-refractivity contribution is 6.32. The molecule has 2 amide bonds. The van der Waals surface area contributed by atoms with E-state index in [0.717, 1.165) is 103 Å². The molecule has 6 heterocycles. The van der Waals surface area contributed by atoms with E-state index in [-0.39, 0.29) is 18.0 Å². The zero-order valence-electron chi connectivity index (χ0n) is 39.2. The number of piperidine rings is 4. The Hall–Kier alpha value is -5.91. The Balaban J connectivity index is 0.707. The molecule has 0 spiro atoms. The fourth-order valence-corrected chi connectivity index (χ4v) is 11.2. The van der Waals surface area contributed by atoms with E-state index >= 15 is 0 Å². The van der Waals surface area contributed by atoms with E-state index < -0.39 is 17.4 Å². The molecular weight excluding hydrogens is 866 g/mol. The molecule has 67 heavy (non-hydrogen) atoms. The van der Waals surface area contributed by atoms with Gasteiger partial charge in [-0.15, -0.1) is 0 Å². The second kappa shape index (κ2) is 19.7. The molecule has 14 nitrogen and oxygen atoms in total. The van der Waals surface area contributed by atoms with Crippen molar-refractivity contribution in [3.8, 4) is 17.6 Å². The molecule has 0 radical (unpaired) electrons. The van der Waals surface area contributed by atoms with Gasteiger partial charge < -0.3 is 24.2 Å². The highest BCUT2D eigenvalue weighted by Gasteiger charge is 2.34. The molecule has 5 aromatic rings. The molecule has 1 N–H and O–H groups in total. The first-order chi connectivity index (χ1) is 32.4. The molecule has 0 bridgehead atoms. The number of rotatable bonds is 13. The lowest BCUT2D eigenvalue weighted by molar-refractivity contribution is -0.135. The Labute approximate surface area is 397 Å². The summed E-state index contributed by atoms with van der Waals surface area (Å²) < 4.78 is 15.0. The van der Waals surface area contributed by atoms with Crippen LogP contribution in [-0.4, -0.2) is 88.2 Å². The number of aryl methyl sites for hydroxylation is 1. The number of aromatic nitrogens is 4. The predicted molar refractivity (Wildman–Crippen MR) is 260 cm³/mol. The van der Waals surface area contributed by atoms with E-state index in [1.165, 1.54) is 38.8 Å². The molecule has 0 aliphatic carbocycles. The Morgan fingerprint density at radius 1 is 0.821 bits per heavy atom. The standard InChI is InChI=1S/C52H62ClN9O5/c1-5-66-48-37(31-54)28-39(29-43(48)53)52(2,3)38-6-9-42(10-7-38)67-33-40-14-21-55-50(56-40)61-24-15-34(16-25-61)32-59-22-17-35(18-23-59)36-19-26-60(27-20-36)41-8-11-44-46(30-41)58(4)51(65)62(44)45-12-13-47(63)57-49(45)64/h6-11,14,21,28-30,34-36,45H,5,12-13,15-20,22-27,32-33H2,1-4H3,(H,57,63,64). The first-order valence-electron chi connectivity index (χ1n) is 24.1. The van der Waals surface area contributed by atoms with Crippen molar-refractivity contribution in [3.63, 3.8) is 0 Å². The minimum absolute atomic E-state index is 0.230. The number of nitrogens with one attached hydrogen (secondary N) is 1. The van der Waals surface area contributed by atoms with Gasteiger partial charge in [0.05, 0.1) is 33.9 Å². The van der Waals surface area contributed by atoms with Crippen LogP contribution in [0.1, 0.15) is 101 Å². The summed E-state index contributed by atoms with van der Waals surface area (Å²) in [6, 6.07) is 21.4. The smallest absolute Gasteiger partial charge is 0.329 e. The van der Waals surface area contributed by atoms with Gasteiger partial charge >= 0.3 is 5.69 Å². The van der Waals surface area contributed by atoms with Gasteiger partial charge in [-0.25, -0.2) is 14.8 Å². The van der Waals surface area contributed by atoms with Crippen LogP contribution < -0.4 is 30.3 Å². The lowest BCUT2D eigenvalue weighted by Crippen LogP contribution is -2.44. The van der Waals surface area contributed by atoms with Crippen LogP contribution in [0.3, 0.4) is 0 Å². The van der Waals surface area contributed by atoms with Gasteiger partial charge in [-0.1, -0.05) is 37.6 Å². The molecule has 4 aliphatic heterocycles. The third kappa shape index (κ3) is 9.77. The first kappa shape index (κ1) is 46.2. The number of nitriles is 1. The molecule has 1 atom stereocenters. The van der Waals surface area contributed by atoms with E-state index in [1.807, 2.05) is 49.5 Å². The van der Waals surface area contributed by atoms with Crippen LogP contribution in [0.25, 0.3) is 11.0 Å². The van der Waals surface area contributed by atoms with Crippen LogP contribution in [0.5, 0.6) is 11.5 Å². The predicted octanol–water partition coefficient (Wildman–Crippen LogP) is 7.78. The van der Waals surface area contributed by atoms with Crippen molar-refractivity contribution in [3.05, 3.63) is 105 Å². The zero-order valence-corrected chi connectivity index (χ0v) is 39.9. The molecule has 4 saturated heterocycles. The third-order valence-electron chi connectivity index (χ3n) is 15.0. The number of anilines is 2. The Morgan fingerprint density at radius 2 is 1.52 bits per heavy atom.